The van der Waals surface area contributed by atoms with E-state index in [0.29, 0.717) is 5.76 Å². The van der Waals surface area contributed by atoms with Crippen molar-refractivity contribution in [2.24, 2.45) is 0 Å². The fraction of sp³-hybridized carbons (Fsp3) is 0.333. The summed E-state index contributed by atoms with van der Waals surface area (Å²) in [6, 6.07) is 7.20. The van der Waals surface area contributed by atoms with Gasteiger partial charge in [0, 0.05) is 12.6 Å². The molecule has 25 heavy (non-hydrogen) atoms. The SMILES string of the molecule is CN(C)C(CNS(=O)(=O)c1cccc(OC(F)(F)F)c1)c1ccco1. The second kappa shape index (κ2) is 7.46. The van der Waals surface area contributed by atoms with E-state index in [9.17, 15) is 21.6 Å². The number of furan rings is 1. The van der Waals surface area contributed by atoms with Gasteiger partial charge in [0.05, 0.1) is 17.2 Å². The van der Waals surface area contributed by atoms with E-state index in [1.807, 2.05) is 0 Å². The lowest BCUT2D eigenvalue weighted by molar-refractivity contribution is -0.274. The maximum Gasteiger partial charge on any atom is 0.573 e. The minimum Gasteiger partial charge on any atom is -0.468 e. The van der Waals surface area contributed by atoms with Gasteiger partial charge in [-0.3, -0.25) is 4.90 Å². The third kappa shape index (κ3) is 5.48. The van der Waals surface area contributed by atoms with Gasteiger partial charge >= 0.3 is 6.36 Å². The Morgan fingerprint density at radius 1 is 1.24 bits per heavy atom. The maximum atomic E-state index is 12.3. The highest BCUT2D eigenvalue weighted by atomic mass is 32.2. The number of alkyl halides is 3. The first-order chi connectivity index (χ1) is 11.6. The van der Waals surface area contributed by atoms with Crippen LogP contribution in [0.15, 0.2) is 52.0 Å². The van der Waals surface area contributed by atoms with Gasteiger partial charge in [-0.1, -0.05) is 6.07 Å². The Morgan fingerprint density at radius 3 is 2.52 bits per heavy atom. The first-order valence-electron chi connectivity index (χ1n) is 7.14. The van der Waals surface area contributed by atoms with Crippen molar-refractivity contribution in [1.29, 1.82) is 0 Å². The molecule has 0 fully saturated rings. The van der Waals surface area contributed by atoms with E-state index in [1.54, 1.807) is 31.1 Å². The predicted molar refractivity (Wildman–Crippen MR) is 83.4 cm³/mol. The van der Waals surface area contributed by atoms with Crippen LogP contribution in [-0.4, -0.2) is 40.3 Å². The Kier molecular flexibility index (Phi) is 5.76. The first-order valence-corrected chi connectivity index (χ1v) is 8.62. The van der Waals surface area contributed by atoms with Crippen molar-refractivity contribution in [3.63, 3.8) is 0 Å². The van der Waals surface area contributed by atoms with Gasteiger partial charge < -0.3 is 9.15 Å². The van der Waals surface area contributed by atoms with E-state index in [2.05, 4.69) is 9.46 Å². The van der Waals surface area contributed by atoms with Crippen LogP contribution < -0.4 is 9.46 Å². The summed E-state index contributed by atoms with van der Waals surface area (Å²) in [6.45, 7) is -0.0206. The molecule has 1 atom stereocenters. The van der Waals surface area contributed by atoms with Crippen molar-refractivity contribution in [2.45, 2.75) is 17.3 Å². The fourth-order valence-corrected chi connectivity index (χ4v) is 3.20. The molecule has 1 unspecified atom stereocenters. The molecule has 0 amide bonds. The molecule has 0 saturated heterocycles. The van der Waals surface area contributed by atoms with Gasteiger partial charge in [0.1, 0.15) is 11.5 Å². The van der Waals surface area contributed by atoms with Crippen molar-refractivity contribution in [3.8, 4) is 5.75 Å². The van der Waals surface area contributed by atoms with Gasteiger partial charge in [-0.05, 0) is 38.4 Å². The highest BCUT2D eigenvalue weighted by Gasteiger charge is 2.31. The Bertz CT molecular complexity index is 789. The highest BCUT2D eigenvalue weighted by molar-refractivity contribution is 7.89. The molecule has 0 aliphatic rings. The van der Waals surface area contributed by atoms with E-state index in [1.165, 1.54) is 18.4 Å². The summed E-state index contributed by atoms with van der Waals surface area (Å²) >= 11 is 0. The average molecular weight is 378 g/mol. The van der Waals surface area contributed by atoms with Gasteiger partial charge in [-0.2, -0.15) is 0 Å². The number of hydrogen-bond acceptors (Lipinski definition) is 5. The van der Waals surface area contributed by atoms with Gasteiger partial charge in [-0.25, -0.2) is 13.1 Å². The highest BCUT2D eigenvalue weighted by Crippen LogP contribution is 2.25. The zero-order valence-corrected chi connectivity index (χ0v) is 14.3. The second-order valence-corrected chi connectivity index (χ2v) is 7.14. The summed E-state index contributed by atoms with van der Waals surface area (Å²) in [4.78, 5) is 1.43. The van der Waals surface area contributed by atoms with Crippen LogP contribution in [0.25, 0.3) is 0 Å². The van der Waals surface area contributed by atoms with Crippen LogP contribution in [0.1, 0.15) is 11.8 Å². The number of nitrogens with zero attached hydrogens (tertiary/aromatic N) is 1. The molecule has 6 nitrogen and oxygen atoms in total. The summed E-state index contributed by atoms with van der Waals surface area (Å²) in [5.74, 6) is -0.0487. The minimum absolute atomic E-state index is 0.0206. The summed E-state index contributed by atoms with van der Waals surface area (Å²) in [6.07, 6.45) is -3.43. The third-order valence-corrected chi connectivity index (χ3v) is 4.73. The monoisotopic (exact) mass is 378 g/mol. The van der Waals surface area contributed by atoms with E-state index in [4.69, 9.17) is 4.42 Å². The van der Waals surface area contributed by atoms with Crippen molar-refractivity contribution >= 4 is 10.0 Å². The van der Waals surface area contributed by atoms with Crippen LogP contribution in [0.4, 0.5) is 13.2 Å². The van der Waals surface area contributed by atoms with Gasteiger partial charge in [0.25, 0.3) is 0 Å². The summed E-state index contributed by atoms with van der Waals surface area (Å²) in [7, 11) is -0.525. The minimum atomic E-state index is -4.90. The average Bonchev–Trinajstić information content (AvgIpc) is 2.99. The second-order valence-electron chi connectivity index (χ2n) is 5.37. The lowest BCUT2D eigenvalue weighted by atomic mass is 10.2. The number of halogens is 3. The Hall–Kier alpha value is -2.04. The molecule has 0 bridgehead atoms. The Balaban J connectivity index is 2.15. The number of nitrogens with one attached hydrogen (secondary N) is 1. The number of likely N-dealkylation sites (N-methyl/N-ethyl adjacent to an activating group) is 1. The maximum absolute atomic E-state index is 12.3. The van der Waals surface area contributed by atoms with Crippen LogP contribution in [0, 0.1) is 0 Å². The quantitative estimate of drug-likeness (QED) is 0.802. The van der Waals surface area contributed by atoms with Crippen molar-refractivity contribution in [1.82, 2.24) is 9.62 Å². The van der Waals surface area contributed by atoms with Gasteiger partial charge in [0.15, 0.2) is 0 Å². The molecule has 0 radical (unpaired) electrons. The van der Waals surface area contributed by atoms with Gasteiger partial charge in [-0.15, -0.1) is 13.2 Å². The summed E-state index contributed by atoms with van der Waals surface area (Å²) in [5, 5.41) is 0. The smallest absolute Gasteiger partial charge is 0.468 e. The molecule has 1 aromatic heterocycles. The standard InChI is InChI=1S/C15H17F3N2O4S/c1-20(2)13(14-7-4-8-23-14)10-19-25(21,22)12-6-3-5-11(9-12)24-15(16,17)18/h3-9,13,19H,10H2,1-2H3. The Labute approximate surface area is 143 Å². The van der Waals surface area contributed by atoms with E-state index in [-0.39, 0.29) is 17.5 Å². The van der Waals surface area contributed by atoms with Crippen LogP contribution >= 0.6 is 0 Å². The van der Waals surface area contributed by atoms with Crippen LogP contribution in [0.2, 0.25) is 0 Å². The summed E-state index contributed by atoms with van der Waals surface area (Å²) < 4.78 is 72.9. The van der Waals surface area contributed by atoms with Crippen molar-refractivity contribution < 1.29 is 30.7 Å². The molecule has 10 heteroatoms. The number of ether oxygens (including phenoxy) is 1. The number of hydrogen-bond donors (Lipinski definition) is 1. The van der Waals surface area contributed by atoms with Crippen molar-refractivity contribution in [3.05, 3.63) is 48.4 Å². The molecule has 138 valence electrons. The topological polar surface area (TPSA) is 71.8 Å². The van der Waals surface area contributed by atoms with Crippen LogP contribution in [-0.2, 0) is 10.0 Å². The molecule has 1 heterocycles. The van der Waals surface area contributed by atoms with Gasteiger partial charge in [0.2, 0.25) is 10.0 Å². The van der Waals surface area contributed by atoms with E-state index < -0.39 is 22.1 Å². The molecule has 0 aliphatic carbocycles. The molecule has 0 spiro atoms. The Morgan fingerprint density at radius 2 is 1.96 bits per heavy atom. The molecule has 1 aromatic carbocycles. The third-order valence-electron chi connectivity index (χ3n) is 3.31. The summed E-state index contributed by atoms with van der Waals surface area (Å²) in [5.41, 5.74) is 0. The van der Waals surface area contributed by atoms with E-state index in [0.717, 1.165) is 12.1 Å². The van der Waals surface area contributed by atoms with Crippen LogP contribution in [0.5, 0.6) is 5.75 Å². The predicted octanol–water partition coefficient (Wildman–Crippen LogP) is 2.76. The lowest BCUT2D eigenvalue weighted by Gasteiger charge is -2.22. The normalized spacial score (nSPS) is 13.8. The molecular formula is C15H17F3N2O4S. The molecule has 0 saturated carbocycles. The van der Waals surface area contributed by atoms with E-state index >= 15 is 0 Å². The molecule has 2 rings (SSSR count). The number of benzene rings is 1. The molecule has 0 aliphatic heterocycles. The first kappa shape index (κ1) is 19.3. The van der Waals surface area contributed by atoms with Crippen molar-refractivity contribution in [2.75, 3.05) is 20.6 Å². The van der Waals surface area contributed by atoms with Crippen LogP contribution in [0.3, 0.4) is 0 Å². The fourth-order valence-electron chi connectivity index (χ4n) is 2.13. The number of sulfonamides is 1. The molecule has 1 N–H and O–H groups in total. The largest absolute Gasteiger partial charge is 0.573 e. The molecular weight excluding hydrogens is 361 g/mol. The molecule has 2 aromatic rings. The lowest BCUT2D eigenvalue weighted by Crippen LogP contribution is -2.34. The zero-order chi connectivity index (χ0) is 18.7. The number of rotatable bonds is 7. The zero-order valence-electron chi connectivity index (χ0n) is 13.4.